The molecule has 0 aliphatic heterocycles. The topological polar surface area (TPSA) is 36.4 Å². The summed E-state index contributed by atoms with van der Waals surface area (Å²) in [6, 6.07) is 13.5. The maximum atomic E-state index is 12.5. The van der Waals surface area contributed by atoms with Gasteiger partial charge in [-0.1, -0.05) is 30.3 Å². The van der Waals surface area contributed by atoms with E-state index in [9.17, 15) is 4.79 Å². The van der Waals surface area contributed by atoms with E-state index < -0.39 is 0 Å². The van der Waals surface area contributed by atoms with E-state index in [1.165, 1.54) is 0 Å². The molecule has 0 spiro atoms. The number of pyridine rings is 1. The molecule has 0 N–H and O–H groups in total. The first-order valence-corrected chi connectivity index (χ1v) is 6.51. The third-order valence-electron chi connectivity index (χ3n) is 3.05. The van der Waals surface area contributed by atoms with Gasteiger partial charge in [0, 0.05) is 33.9 Å². The minimum Gasteiger partial charge on any atom is -0.362 e. The van der Waals surface area contributed by atoms with Crippen LogP contribution in [-0.2, 0) is 6.54 Å². The summed E-state index contributed by atoms with van der Waals surface area (Å²) < 4.78 is 0. The average molecular weight is 269 g/mol. The summed E-state index contributed by atoms with van der Waals surface area (Å²) in [5, 5.41) is 0. The number of carbonyl (C=O) groups excluding carboxylic acids is 1. The minimum atomic E-state index is -0.0225. The second-order valence-corrected chi connectivity index (χ2v) is 4.92. The van der Waals surface area contributed by atoms with Crippen molar-refractivity contribution in [1.82, 2.24) is 9.88 Å². The Balaban J connectivity index is 2.19. The van der Waals surface area contributed by atoms with Gasteiger partial charge >= 0.3 is 0 Å². The van der Waals surface area contributed by atoms with Gasteiger partial charge in [-0.05, 0) is 17.7 Å². The fourth-order valence-electron chi connectivity index (χ4n) is 2.05. The second-order valence-electron chi connectivity index (χ2n) is 4.92. The molecular weight excluding hydrogens is 250 g/mol. The second kappa shape index (κ2) is 6.19. The van der Waals surface area contributed by atoms with Crippen LogP contribution in [0.5, 0.6) is 0 Å². The van der Waals surface area contributed by atoms with Crippen molar-refractivity contribution in [1.29, 1.82) is 0 Å². The average Bonchev–Trinajstić information content (AvgIpc) is 2.47. The molecule has 1 aromatic carbocycles. The summed E-state index contributed by atoms with van der Waals surface area (Å²) in [5.41, 5.74) is 1.73. The summed E-state index contributed by atoms with van der Waals surface area (Å²) >= 11 is 0. The van der Waals surface area contributed by atoms with E-state index in [1.807, 2.05) is 62.4 Å². The quantitative estimate of drug-likeness (QED) is 0.855. The van der Waals surface area contributed by atoms with E-state index in [2.05, 4.69) is 4.98 Å². The number of benzene rings is 1. The molecule has 1 amide bonds. The van der Waals surface area contributed by atoms with Gasteiger partial charge in [0.05, 0.1) is 5.56 Å². The van der Waals surface area contributed by atoms with Crippen LogP contribution in [0.2, 0.25) is 0 Å². The molecule has 0 fully saturated rings. The van der Waals surface area contributed by atoms with Crippen LogP contribution in [0.25, 0.3) is 0 Å². The number of carbonyl (C=O) groups is 1. The van der Waals surface area contributed by atoms with E-state index in [0.717, 1.165) is 5.56 Å². The van der Waals surface area contributed by atoms with Crippen molar-refractivity contribution >= 4 is 11.7 Å². The highest BCUT2D eigenvalue weighted by atomic mass is 16.2. The van der Waals surface area contributed by atoms with Crippen LogP contribution in [0.1, 0.15) is 15.9 Å². The molecule has 4 heteroatoms. The molecule has 1 heterocycles. The number of nitrogens with zero attached hydrogens (tertiary/aromatic N) is 3. The zero-order valence-electron chi connectivity index (χ0n) is 12.1. The normalized spacial score (nSPS) is 10.2. The summed E-state index contributed by atoms with van der Waals surface area (Å²) in [6.45, 7) is 0.585. The fraction of sp³-hybridized carbons (Fsp3) is 0.250. The fourth-order valence-corrected chi connectivity index (χ4v) is 2.05. The predicted molar refractivity (Wildman–Crippen MR) is 80.8 cm³/mol. The summed E-state index contributed by atoms with van der Waals surface area (Å²) in [4.78, 5) is 20.4. The van der Waals surface area contributed by atoms with Gasteiger partial charge in [0.2, 0.25) is 0 Å². The van der Waals surface area contributed by atoms with Crippen LogP contribution in [0.15, 0.2) is 48.7 Å². The third-order valence-corrected chi connectivity index (χ3v) is 3.05. The molecule has 0 radical (unpaired) electrons. The lowest BCUT2D eigenvalue weighted by molar-refractivity contribution is 0.0785. The molecule has 4 nitrogen and oxygen atoms in total. The van der Waals surface area contributed by atoms with Crippen molar-refractivity contribution in [2.75, 3.05) is 26.0 Å². The van der Waals surface area contributed by atoms with Gasteiger partial charge in [-0.2, -0.15) is 0 Å². The Hall–Kier alpha value is -2.36. The van der Waals surface area contributed by atoms with E-state index in [0.29, 0.717) is 17.9 Å². The molecule has 104 valence electrons. The van der Waals surface area contributed by atoms with Crippen LogP contribution in [0.4, 0.5) is 5.82 Å². The molecule has 0 atom stereocenters. The zero-order chi connectivity index (χ0) is 14.5. The highest BCUT2D eigenvalue weighted by Gasteiger charge is 2.17. The van der Waals surface area contributed by atoms with Crippen LogP contribution in [0.3, 0.4) is 0 Å². The molecule has 0 aliphatic carbocycles. The Kier molecular flexibility index (Phi) is 4.35. The van der Waals surface area contributed by atoms with Crippen LogP contribution < -0.4 is 4.90 Å². The molecule has 0 unspecified atom stereocenters. The minimum absolute atomic E-state index is 0.0225. The van der Waals surface area contributed by atoms with Crippen LogP contribution in [-0.4, -0.2) is 36.9 Å². The SMILES string of the molecule is CN(Cc1ccccc1)C(=O)c1cccnc1N(C)C. The van der Waals surface area contributed by atoms with Gasteiger partial charge < -0.3 is 9.80 Å². The first kappa shape index (κ1) is 14.1. The number of rotatable bonds is 4. The Morgan fingerprint density at radius 1 is 1.05 bits per heavy atom. The summed E-state index contributed by atoms with van der Waals surface area (Å²) in [6.07, 6.45) is 1.70. The van der Waals surface area contributed by atoms with Gasteiger partial charge in [-0.15, -0.1) is 0 Å². The van der Waals surface area contributed by atoms with Crippen molar-refractivity contribution in [3.63, 3.8) is 0 Å². The van der Waals surface area contributed by atoms with Gasteiger partial charge in [0.1, 0.15) is 5.82 Å². The van der Waals surface area contributed by atoms with E-state index in [1.54, 1.807) is 17.2 Å². The Morgan fingerprint density at radius 3 is 2.40 bits per heavy atom. The van der Waals surface area contributed by atoms with E-state index in [4.69, 9.17) is 0 Å². The Morgan fingerprint density at radius 2 is 1.75 bits per heavy atom. The van der Waals surface area contributed by atoms with Gasteiger partial charge in [-0.3, -0.25) is 4.79 Å². The first-order valence-electron chi connectivity index (χ1n) is 6.51. The lowest BCUT2D eigenvalue weighted by Gasteiger charge is -2.21. The highest BCUT2D eigenvalue weighted by molar-refractivity contribution is 5.98. The van der Waals surface area contributed by atoms with Crippen molar-refractivity contribution in [2.45, 2.75) is 6.54 Å². The molecule has 0 bridgehead atoms. The highest BCUT2D eigenvalue weighted by Crippen LogP contribution is 2.17. The Bertz CT molecular complexity index is 581. The lowest BCUT2D eigenvalue weighted by Crippen LogP contribution is -2.28. The summed E-state index contributed by atoms with van der Waals surface area (Å²) in [5.74, 6) is 0.670. The van der Waals surface area contributed by atoms with Crippen molar-refractivity contribution in [3.05, 3.63) is 59.8 Å². The van der Waals surface area contributed by atoms with Crippen molar-refractivity contribution < 1.29 is 4.79 Å². The zero-order valence-corrected chi connectivity index (χ0v) is 12.1. The molecular formula is C16H19N3O. The largest absolute Gasteiger partial charge is 0.362 e. The van der Waals surface area contributed by atoms with Crippen molar-refractivity contribution in [2.24, 2.45) is 0 Å². The molecule has 2 rings (SSSR count). The number of hydrogen-bond acceptors (Lipinski definition) is 3. The number of aromatic nitrogens is 1. The van der Waals surface area contributed by atoms with E-state index in [-0.39, 0.29) is 5.91 Å². The number of hydrogen-bond donors (Lipinski definition) is 0. The lowest BCUT2D eigenvalue weighted by atomic mass is 10.2. The third kappa shape index (κ3) is 3.15. The molecule has 0 saturated heterocycles. The molecule has 1 aromatic heterocycles. The smallest absolute Gasteiger partial charge is 0.257 e. The molecule has 0 saturated carbocycles. The van der Waals surface area contributed by atoms with Gasteiger partial charge in [0.15, 0.2) is 0 Å². The number of amides is 1. The Labute approximate surface area is 119 Å². The maximum Gasteiger partial charge on any atom is 0.257 e. The predicted octanol–water partition coefficient (Wildman–Crippen LogP) is 2.42. The maximum absolute atomic E-state index is 12.5. The first-order chi connectivity index (χ1) is 9.59. The standard InChI is InChI=1S/C16H19N3O/c1-18(2)15-14(10-7-11-17-15)16(20)19(3)12-13-8-5-4-6-9-13/h4-11H,12H2,1-3H3. The molecule has 20 heavy (non-hydrogen) atoms. The molecule has 2 aromatic rings. The molecule has 0 aliphatic rings. The van der Waals surface area contributed by atoms with Crippen LogP contribution >= 0.6 is 0 Å². The van der Waals surface area contributed by atoms with Gasteiger partial charge in [0.25, 0.3) is 5.91 Å². The van der Waals surface area contributed by atoms with Crippen LogP contribution in [0, 0.1) is 0 Å². The van der Waals surface area contributed by atoms with Crippen molar-refractivity contribution in [3.8, 4) is 0 Å². The van der Waals surface area contributed by atoms with Gasteiger partial charge in [-0.25, -0.2) is 4.98 Å². The van der Waals surface area contributed by atoms with E-state index >= 15 is 0 Å². The monoisotopic (exact) mass is 269 g/mol. The number of anilines is 1. The summed E-state index contributed by atoms with van der Waals surface area (Å²) in [7, 11) is 5.58.